The van der Waals surface area contributed by atoms with Crippen molar-refractivity contribution >= 4 is 35.4 Å². The Morgan fingerprint density at radius 1 is 1.28 bits per heavy atom. The molecule has 2 N–H and O–H groups in total. The van der Waals surface area contributed by atoms with Crippen molar-refractivity contribution in [2.75, 3.05) is 31.8 Å². The third-order valence-corrected chi connectivity index (χ3v) is 5.93. The maximum absolute atomic E-state index is 13.9. The van der Waals surface area contributed by atoms with Gasteiger partial charge in [-0.25, -0.2) is 14.0 Å². The Morgan fingerprint density at radius 3 is 2.69 bits per heavy atom. The van der Waals surface area contributed by atoms with E-state index in [-0.39, 0.29) is 24.6 Å². The normalized spacial score (nSPS) is 17.6. The van der Waals surface area contributed by atoms with Crippen LogP contribution in [0.15, 0.2) is 58.6 Å². The molecule has 1 atom stereocenters. The van der Waals surface area contributed by atoms with Crippen LogP contribution in [0, 0.1) is 5.82 Å². The maximum Gasteiger partial charge on any atom is 0.338 e. The van der Waals surface area contributed by atoms with Crippen LogP contribution in [0.2, 0.25) is 0 Å². The Kier molecular flexibility index (Phi) is 6.04. The largest absolute Gasteiger partial charge is 0.494 e. The molecule has 2 aliphatic heterocycles. The monoisotopic (exact) mass is 457 g/mol. The summed E-state index contributed by atoms with van der Waals surface area (Å²) in [5.74, 6) is -1.68. The lowest BCUT2D eigenvalue weighted by Gasteiger charge is -2.32. The summed E-state index contributed by atoms with van der Waals surface area (Å²) in [4.78, 5) is 40.0. The molecule has 0 saturated heterocycles. The van der Waals surface area contributed by atoms with Gasteiger partial charge >= 0.3 is 12.0 Å². The second-order valence-electron chi connectivity index (χ2n) is 7.08. The Bertz CT molecular complexity index is 1120. The lowest BCUT2D eigenvalue weighted by Crippen LogP contribution is -2.49. The number of carbonyl (C=O) groups excluding carboxylic acids is 3. The van der Waals surface area contributed by atoms with Crippen LogP contribution in [-0.4, -0.2) is 49.3 Å². The molecule has 8 nitrogen and oxygen atoms in total. The molecule has 10 heteroatoms. The molecule has 0 spiro atoms. The molecule has 4 rings (SSSR count). The highest BCUT2D eigenvalue weighted by Gasteiger charge is 2.42. The number of hydrogen-bond acceptors (Lipinski definition) is 6. The van der Waals surface area contributed by atoms with Crippen molar-refractivity contribution in [1.82, 2.24) is 10.2 Å². The predicted octanol–water partition coefficient (Wildman–Crippen LogP) is 3.07. The number of hydrogen-bond donors (Lipinski definition) is 2. The second kappa shape index (κ2) is 8.91. The Hall–Kier alpha value is -3.53. The van der Waals surface area contributed by atoms with Crippen molar-refractivity contribution < 1.29 is 28.2 Å². The zero-order chi connectivity index (χ0) is 22.8. The number of nitrogens with one attached hydrogen (secondary N) is 2. The highest BCUT2D eigenvalue weighted by atomic mass is 32.2. The van der Waals surface area contributed by atoms with Gasteiger partial charge in [0.25, 0.3) is 0 Å². The minimum Gasteiger partial charge on any atom is -0.494 e. The van der Waals surface area contributed by atoms with Crippen molar-refractivity contribution in [3.63, 3.8) is 0 Å². The molecule has 0 radical (unpaired) electrons. The molecule has 3 amide bonds. The number of halogens is 1. The predicted molar refractivity (Wildman–Crippen MR) is 116 cm³/mol. The highest BCUT2D eigenvalue weighted by molar-refractivity contribution is 7.98. The Labute approximate surface area is 187 Å². The first-order valence-corrected chi connectivity index (χ1v) is 10.9. The number of esters is 1. The summed E-state index contributed by atoms with van der Waals surface area (Å²) >= 11 is 1.58. The molecule has 0 saturated carbocycles. The van der Waals surface area contributed by atoms with Gasteiger partial charge in [-0.2, -0.15) is 0 Å². The molecule has 0 bridgehead atoms. The summed E-state index contributed by atoms with van der Waals surface area (Å²) in [6, 6.07) is 10.3. The van der Waals surface area contributed by atoms with Crippen LogP contribution in [0.3, 0.4) is 0 Å². The van der Waals surface area contributed by atoms with Crippen molar-refractivity contribution in [1.29, 1.82) is 0 Å². The lowest BCUT2D eigenvalue weighted by atomic mass is 9.96. The van der Waals surface area contributed by atoms with Crippen LogP contribution in [0.5, 0.6) is 5.75 Å². The summed E-state index contributed by atoms with van der Waals surface area (Å²) in [7, 11) is 1.34. The van der Waals surface area contributed by atoms with Gasteiger partial charge in [-0.1, -0.05) is 12.1 Å². The average Bonchev–Trinajstić information content (AvgIpc) is 3.17. The number of thioether (sulfide) groups is 1. The van der Waals surface area contributed by atoms with Crippen LogP contribution in [0.1, 0.15) is 11.6 Å². The first-order chi connectivity index (χ1) is 15.4. The number of nitrogens with zero attached hydrogens (tertiary/aromatic N) is 1. The maximum atomic E-state index is 13.9. The quantitative estimate of drug-likeness (QED) is 0.511. The van der Waals surface area contributed by atoms with Gasteiger partial charge in [-0.15, -0.1) is 11.8 Å². The molecular formula is C22H20FN3O5S. The van der Waals surface area contributed by atoms with Crippen molar-refractivity contribution in [2.45, 2.75) is 10.9 Å². The van der Waals surface area contributed by atoms with Crippen LogP contribution in [0.4, 0.5) is 14.9 Å². The first kappa shape index (κ1) is 21.7. The molecular weight excluding hydrogens is 437 g/mol. The van der Waals surface area contributed by atoms with Gasteiger partial charge in [0.05, 0.1) is 24.4 Å². The molecule has 166 valence electrons. The van der Waals surface area contributed by atoms with E-state index in [1.54, 1.807) is 11.8 Å². The third-order valence-electron chi connectivity index (χ3n) is 5.18. The summed E-state index contributed by atoms with van der Waals surface area (Å²) in [5, 5.41) is 5.32. The summed E-state index contributed by atoms with van der Waals surface area (Å²) in [5.41, 5.74) is 1.59. The van der Waals surface area contributed by atoms with Crippen molar-refractivity contribution in [3.8, 4) is 5.75 Å². The van der Waals surface area contributed by atoms with E-state index in [1.165, 1.54) is 24.1 Å². The number of benzene rings is 2. The zero-order valence-electron chi connectivity index (χ0n) is 17.3. The van der Waals surface area contributed by atoms with Gasteiger partial charge in [0.1, 0.15) is 13.2 Å². The van der Waals surface area contributed by atoms with Crippen LogP contribution < -0.4 is 15.4 Å². The molecule has 0 fully saturated rings. The average molecular weight is 457 g/mol. The van der Waals surface area contributed by atoms with E-state index < -0.39 is 29.8 Å². The van der Waals surface area contributed by atoms with Crippen LogP contribution in [-0.2, 0) is 14.3 Å². The standard InChI is InChI=1S/C22H20FN3O5S/c1-30-17-8-5-13(9-15(17)23)24-18(27)10-26-16-11-31-21(28)19(16)20(25-22(26)29)12-3-6-14(32-2)7-4-12/h3-9,20H,10-11H2,1-2H3,(H,24,27)(H,25,29). The number of cyclic esters (lactones) is 1. The zero-order valence-corrected chi connectivity index (χ0v) is 18.1. The van der Waals surface area contributed by atoms with E-state index in [2.05, 4.69) is 10.6 Å². The number of amides is 3. The molecule has 2 aromatic rings. The topological polar surface area (TPSA) is 97.0 Å². The summed E-state index contributed by atoms with van der Waals surface area (Å²) in [6.07, 6.45) is 1.95. The Morgan fingerprint density at radius 2 is 2.03 bits per heavy atom. The SMILES string of the molecule is COc1ccc(NC(=O)CN2C(=O)NC(c3ccc(SC)cc3)C3=C2COC3=O)cc1F. The van der Waals surface area contributed by atoms with E-state index in [0.717, 1.165) is 16.5 Å². The highest BCUT2D eigenvalue weighted by Crippen LogP contribution is 2.35. The fraction of sp³-hybridized carbons (Fsp3) is 0.227. The lowest BCUT2D eigenvalue weighted by molar-refractivity contribution is -0.136. The van der Waals surface area contributed by atoms with Crippen LogP contribution >= 0.6 is 11.8 Å². The van der Waals surface area contributed by atoms with E-state index in [1.807, 2.05) is 30.5 Å². The van der Waals surface area contributed by atoms with Crippen molar-refractivity contribution in [2.24, 2.45) is 0 Å². The molecule has 2 aliphatic rings. The molecule has 1 unspecified atom stereocenters. The van der Waals surface area contributed by atoms with Gasteiger partial charge in [-0.3, -0.25) is 9.69 Å². The molecule has 0 aliphatic carbocycles. The second-order valence-corrected chi connectivity index (χ2v) is 7.96. The first-order valence-electron chi connectivity index (χ1n) is 9.66. The third kappa shape index (κ3) is 4.13. The molecule has 2 heterocycles. The van der Waals surface area contributed by atoms with Gasteiger partial charge in [0.2, 0.25) is 5.91 Å². The number of carbonyl (C=O) groups is 3. The van der Waals surface area contributed by atoms with Gasteiger partial charge in [0.15, 0.2) is 11.6 Å². The van der Waals surface area contributed by atoms with Gasteiger partial charge < -0.3 is 20.1 Å². The van der Waals surface area contributed by atoms with Gasteiger partial charge in [-0.05, 0) is 36.1 Å². The summed E-state index contributed by atoms with van der Waals surface area (Å²) < 4.78 is 23.9. The summed E-state index contributed by atoms with van der Waals surface area (Å²) in [6.45, 7) is -0.474. The number of rotatable bonds is 6. The molecule has 32 heavy (non-hydrogen) atoms. The van der Waals surface area contributed by atoms with Crippen molar-refractivity contribution in [3.05, 3.63) is 65.1 Å². The number of ether oxygens (including phenoxy) is 2. The fourth-order valence-electron chi connectivity index (χ4n) is 3.61. The van der Waals surface area contributed by atoms with E-state index in [9.17, 15) is 18.8 Å². The minimum atomic E-state index is -0.668. The number of anilines is 1. The van der Waals surface area contributed by atoms with E-state index in [4.69, 9.17) is 9.47 Å². The fourth-order valence-corrected chi connectivity index (χ4v) is 4.02. The molecule has 0 aromatic heterocycles. The van der Waals surface area contributed by atoms with Crippen LogP contribution in [0.25, 0.3) is 0 Å². The molecule has 2 aromatic carbocycles. The van der Waals surface area contributed by atoms with E-state index >= 15 is 0 Å². The smallest absolute Gasteiger partial charge is 0.338 e. The minimum absolute atomic E-state index is 0.0476. The number of methoxy groups -OCH3 is 1. The Balaban J connectivity index is 1.55. The number of urea groups is 1. The van der Waals surface area contributed by atoms with E-state index in [0.29, 0.717) is 11.3 Å². The van der Waals surface area contributed by atoms with Gasteiger partial charge in [0, 0.05) is 16.6 Å².